The van der Waals surface area contributed by atoms with Crippen LogP contribution in [0, 0.1) is 6.92 Å². The average Bonchev–Trinajstić information content (AvgIpc) is 2.86. The van der Waals surface area contributed by atoms with Gasteiger partial charge in [-0.05, 0) is 38.1 Å². The third-order valence-corrected chi connectivity index (χ3v) is 3.89. The first-order valence-electron chi connectivity index (χ1n) is 7.16. The van der Waals surface area contributed by atoms with E-state index in [4.69, 9.17) is 16.3 Å². The maximum atomic E-state index is 12.4. The Kier molecular flexibility index (Phi) is 3.90. The molecule has 0 radical (unpaired) electrons. The first-order chi connectivity index (χ1) is 10.6. The summed E-state index contributed by atoms with van der Waals surface area (Å²) in [5, 5.41) is 1.59. The molecule has 0 saturated carbocycles. The number of hydrogen-bond donors (Lipinski definition) is 0. The predicted octanol–water partition coefficient (Wildman–Crippen LogP) is 5.27. The molecule has 0 fully saturated rings. The smallest absolute Gasteiger partial charge is 0.418 e. The van der Waals surface area contributed by atoms with E-state index >= 15 is 0 Å². The molecular formula is C18H16ClNO2. The number of halogens is 1. The molecule has 2 aromatic carbocycles. The topological polar surface area (TPSA) is 31.2 Å². The zero-order chi connectivity index (χ0) is 15.7. The molecule has 3 aromatic rings. The van der Waals surface area contributed by atoms with Gasteiger partial charge in [0.25, 0.3) is 0 Å². The summed E-state index contributed by atoms with van der Waals surface area (Å²) in [5.41, 5.74) is 3.51. The van der Waals surface area contributed by atoms with Crippen LogP contribution in [-0.2, 0) is 4.74 Å². The summed E-state index contributed by atoms with van der Waals surface area (Å²) in [6.45, 7) is 4.14. The summed E-state index contributed by atoms with van der Waals surface area (Å²) >= 11 is 6.31. The van der Waals surface area contributed by atoms with Gasteiger partial charge in [-0.25, -0.2) is 9.36 Å². The fourth-order valence-corrected chi connectivity index (χ4v) is 2.82. The van der Waals surface area contributed by atoms with Crippen molar-refractivity contribution >= 4 is 28.6 Å². The van der Waals surface area contributed by atoms with Crippen molar-refractivity contribution in [2.24, 2.45) is 0 Å². The summed E-state index contributed by atoms with van der Waals surface area (Å²) in [4.78, 5) is 12.4. The molecule has 1 heterocycles. The number of nitrogens with zero attached hydrogens (tertiary/aromatic N) is 1. The van der Waals surface area contributed by atoms with Crippen molar-refractivity contribution in [3.05, 3.63) is 59.1 Å². The number of ether oxygens (including phenoxy) is 1. The van der Waals surface area contributed by atoms with Crippen molar-refractivity contribution in [1.82, 2.24) is 4.57 Å². The lowest BCUT2D eigenvalue weighted by Gasteiger charge is -2.10. The van der Waals surface area contributed by atoms with E-state index < -0.39 is 6.09 Å². The zero-order valence-electron chi connectivity index (χ0n) is 12.5. The van der Waals surface area contributed by atoms with E-state index in [1.54, 1.807) is 11.5 Å². The molecule has 0 atom stereocenters. The van der Waals surface area contributed by atoms with Gasteiger partial charge in [-0.1, -0.05) is 41.4 Å². The normalized spacial score (nSPS) is 10.9. The Morgan fingerprint density at radius 3 is 2.68 bits per heavy atom. The fourth-order valence-electron chi connectivity index (χ4n) is 2.59. The van der Waals surface area contributed by atoms with Crippen LogP contribution in [-0.4, -0.2) is 17.3 Å². The molecule has 112 valence electrons. The Balaban J connectivity index is 2.31. The second kappa shape index (κ2) is 5.85. The van der Waals surface area contributed by atoms with Crippen LogP contribution in [0.4, 0.5) is 4.79 Å². The standard InChI is InChI=1S/C18H16ClNO2/c1-3-22-18(21)20-16-9-8-12(2)10-13(16)11-17(20)14-6-4-5-7-15(14)19/h4-11H,3H2,1-2H3. The molecule has 0 aliphatic rings. The van der Waals surface area contributed by atoms with E-state index in [0.29, 0.717) is 11.6 Å². The number of benzene rings is 2. The molecule has 0 bridgehead atoms. The summed E-state index contributed by atoms with van der Waals surface area (Å²) in [6.07, 6.45) is -0.392. The van der Waals surface area contributed by atoms with Crippen molar-refractivity contribution in [3.63, 3.8) is 0 Å². The zero-order valence-corrected chi connectivity index (χ0v) is 13.2. The van der Waals surface area contributed by atoms with E-state index in [2.05, 4.69) is 0 Å². The van der Waals surface area contributed by atoms with E-state index in [1.165, 1.54) is 0 Å². The Bertz CT molecular complexity index is 851. The van der Waals surface area contributed by atoms with Gasteiger partial charge >= 0.3 is 6.09 Å². The lowest BCUT2D eigenvalue weighted by molar-refractivity contribution is 0.155. The Hall–Kier alpha value is -2.26. The molecule has 0 aliphatic carbocycles. The highest BCUT2D eigenvalue weighted by atomic mass is 35.5. The van der Waals surface area contributed by atoms with Crippen LogP contribution in [0.2, 0.25) is 5.02 Å². The average molecular weight is 314 g/mol. The third kappa shape index (κ3) is 2.48. The van der Waals surface area contributed by atoms with Crippen LogP contribution < -0.4 is 0 Å². The van der Waals surface area contributed by atoms with Crippen molar-refractivity contribution in [1.29, 1.82) is 0 Å². The van der Waals surface area contributed by atoms with Gasteiger partial charge in [0, 0.05) is 16.0 Å². The second-order valence-corrected chi connectivity index (χ2v) is 5.51. The number of carbonyl (C=O) groups excluding carboxylic acids is 1. The van der Waals surface area contributed by atoms with Gasteiger partial charge in [0.2, 0.25) is 0 Å². The number of aryl methyl sites for hydroxylation is 1. The van der Waals surface area contributed by atoms with Gasteiger partial charge in [-0.2, -0.15) is 0 Å². The molecule has 22 heavy (non-hydrogen) atoms. The highest BCUT2D eigenvalue weighted by molar-refractivity contribution is 6.33. The van der Waals surface area contributed by atoms with Crippen molar-refractivity contribution in [2.45, 2.75) is 13.8 Å². The fraction of sp³-hybridized carbons (Fsp3) is 0.167. The predicted molar refractivity (Wildman–Crippen MR) is 89.5 cm³/mol. The maximum Gasteiger partial charge on any atom is 0.418 e. The molecule has 0 saturated heterocycles. The lowest BCUT2D eigenvalue weighted by Crippen LogP contribution is -2.14. The Morgan fingerprint density at radius 1 is 1.18 bits per heavy atom. The number of fused-ring (bicyclic) bond motifs is 1. The van der Waals surface area contributed by atoms with Crippen LogP contribution in [0.5, 0.6) is 0 Å². The summed E-state index contributed by atoms with van der Waals surface area (Å²) < 4.78 is 6.79. The lowest BCUT2D eigenvalue weighted by atomic mass is 10.1. The highest BCUT2D eigenvalue weighted by Crippen LogP contribution is 2.33. The molecule has 1 aromatic heterocycles. The SMILES string of the molecule is CCOC(=O)n1c(-c2ccccc2Cl)cc2cc(C)ccc21. The van der Waals surface area contributed by atoms with Crippen LogP contribution in [0.1, 0.15) is 12.5 Å². The number of carbonyl (C=O) groups is 1. The molecule has 0 spiro atoms. The minimum Gasteiger partial charge on any atom is -0.449 e. The minimum absolute atomic E-state index is 0.326. The summed E-state index contributed by atoms with van der Waals surface area (Å²) in [7, 11) is 0. The van der Waals surface area contributed by atoms with E-state index in [0.717, 1.165) is 27.7 Å². The third-order valence-electron chi connectivity index (χ3n) is 3.56. The monoisotopic (exact) mass is 313 g/mol. The maximum absolute atomic E-state index is 12.4. The van der Waals surface area contributed by atoms with Gasteiger partial charge < -0.3 is 4.74 Å². The quantitative estimate of drug-likeness (QED) is 0.645. The molecule has 0 N–H and O–H groups in total. The largest absolute Gasteiger partial charge is 0.449 e. The van der Waals surface area contributed by atoms with Crippen LogP contribution in [0.3, 0.4) is 0 Å². The van der Waals surface area contributed by atoms with E-state index in [9.17, 15) is 4.79 Å². The van der Waals surface area contributed by atoms with Gasteiger partial charge in [-0.15, -0.1) is 0 Å². The Labute approximate surface area is 134 Å². The van der Waals surface area contributed by atoms with Gasteiger partial charge in [0.05, 0.1) is 17.8 Å². The van der Waals surface area contributed by atoms with Crippen molar-refractivity contribution in [3.8, 4) is 11.3 Å². The first kappa shape index (κ1) is 14.7. The molecule has 0 unspecified atom stereocenters. The van der Waals surface area contributed by atoms with Crippen molar-refractivity contribution < 1.29 is 9.53 Å². The van der Waals surface area contributed by atoms with Crippen LogP contribution in [0.15, 0.2) is 48.5 Å². The molecule has 3 rings (SSSR count). The number of hydrogen-bond acceptors (Lipinski definition) is 2. The highest BCUT2D eigenvalue weighted by Gasteiger charge is 2.18. The summed E-state index contributed by atoms with van der Waals surface area (Å²) in [6, 6.07) is 15.4. The Morgan fingerprint density at radius 2 is 1.95 bits per heavy atom. The molecule has 3 nitrogen and oxygen atoms in total. The van der Waals surface area contributed by atoms with Crippen LogP contribution >= 0.6 is 11.6 Å². The van der Waals surface area contributed by atoms with E-state index in [-0.39, 0.29) is 0 Å². The minimum atomic E-state index is -0.392. The second-order valence-electron chi connectivity index (χ2n) is 5.11. The summed E-state index contributed by atoms with van der Waals surface area (Å²) in [5.74, 6) is 0. The molecular weight excluding hydrogens is 298 g/mol. The number of aromatic nitrogens is 1. The molecule has 0 aliphatic heterocycles. The molecule has 0 amide bonds. The van der Waals surface area contributed by atoms with E-state index in [1.807, 2.05) is 55.5 Å². The van der Waals surface area contributed by atoms with Gasteiger partial charge in [0.1, 0.15) is 0 Å². The number of rotatable bonds is 2. The first-order valence-corrected chi connectivity index (χ1v) is 7.53. The van der Waals surface area contributed by atoms with Crippen molar-refractivity contribution in [2.75, 3.05) is 6.61 Å². The van der Waals surface area contributed by atoms with Gasteiger partial charge in [0.15, 0.2) is 0 Å². The van der Waals surface area contributed by atoms with Gasteiger partial charge in [-0.3, -0.25) is 0 Å². The van der Waals surface area contributed by atoms with Crippen LogP contribution in [0.25, 0.3) is 22.2 Å². The molecule has 4 heteroatoms.